The first-order valence-electron chi connectivity index (χ1n) is 8.71. The van der Waals surface area contributed by atoms with E-state index in [-0.39, 0.29) is 0 Å². The van der Waals surface area contributed by atoms with Crippen LogP contribution < -0.4 is 0 Å². The Morgan fingerprint density at radius 2 is 1.35 bits per heavy atom. The molecule has 1 aliphatic heterocycles. The molecule has 1 saturated heterocycles. The fourth-order valence-electron chi connectivity index (χ4n) is 3.20. The lowest BCUT2D eigenvalue weighted by atomic mass is 10.0. The van der Waals surface area contributed by atoms with E-state index in [9.17, 15) is 0 Å². The number of rotatable bonds is 9. The highest BCUT2D eigenvalue weighted by Crippen LogP contribution is 2.12. The zero-order valence-electron chi connectivity index (χ0n) is 13.0. The Morgan fingerprint density at radius 1 is 0.700 bits per heavy atom. The van der Waals surface area contributed by atoms with E-state index in [4.69, 9.17) is 0 Å². The van der Waals surface area contributed by atoms with Crippen LogP contribution in [-0.4, -0.2) is 24.5 Å². The van der Waals surface area contributed by atoms with E-state index in [1.165, 1.54) is 89.4 Å². The van der Waals surface area contributed by atoms with Gasteiger partial charge in [0.1, 0.15) is 0 Å². The Bertz CT molecular complexity index is 327. The molecule has 1 heterocycles. The Labute approximate surface area is 125 Å². The molecule has 0 atom stereocenters. The lowest BCUT2D eigenvalue weighted by Crippen LogP contribution is -2.30. The van der Waals surface area contributed by atoms with Crippen LogP contribution in [0.2, 0.25) is 0 Å². The Morgan fingerprint density at radius 3 is 2.10 bits per heavy atom. The van der Waals surface area contributed by atoms with Crippen LogP contribution in [0.25, 0.3) is 0 Å². The molecular weight excluding hydrogens is 242 g/mol. The Balaban J connectivity index is 1.38. The zero-order valence-corrected chi connectivity index (χ0v) is 13.0. The number of likely N-dealkylation sites (tertiary alicyclic amines) is 1. The van der Waals surface area contributed by atoms with Gasteiger partial charge in [0.2, 0.25) is 0 Å². The van der Waals surface area contributed by atoms with Crippen LogP contribution in [0.3, 0.4) is 0 Å². The van der Waals surface area contributed by atoms with E-state index in [2.05, 4.69) is 35.2 Å². The summed E-state index contributed by atoms with van der Waals surface area (Å²) < 4.78 is 0. The van der Waals surface area contributed by atoms with Gasteiger partial charge in [-0.1, -0.05) is 62.4 Å². The maximum Gasteiger partial charge on any atom is -0.00187 e. The molecule has 0 aromatic heterocycles. The predicted molar refractivity (Wildman–Crippen MR) is 88.1 cm³/mol. The van der Waals surface area contributed by atoms with Crippen molar-refractivity contribution in [1.29, 1.82) is 0 Å². The lowest BCUT2D eigenvalue weighted by Gasteiger charge is -2.26. The zero-order chi connectivity index (χ0) is 13.9. The summed E-state index contributed by atoms with van der Waals surface area (Å²) in [5.74, 6) is 0. The van der Waals surface area contributed by atoms with Gasteiger partial charge in [-0.3, -0.25) is 0 Å². The first-order chi connectivity index (χ1) is 9.95. The summed E-state index contributed by atoms with van der Waals surface area (Å²) in [7, 11) is 0. The summed E-state index contributed by atoms with van der Waals surface area (Å²) in [4.78, 5) is 2.67. The van der Waals surface area contributed by atoms with Gasteiger partial charge in [0.05, 0.1) is 0 Å². The molecular formula is C19H31N. The summed E-state index contributed by atoms with van der Waals surface area (Å²) in [6.45, 7) is 4.07. The minimum absolute atomic E-state index is 1.26. The van der Waals surface area contributed by atoms with Crippen LogP contribution >= 0.6 is 0 Å². The van der Waals surface area contributed by atoms with E-state index >= 15 is 0 Å². The number of unbranched alkanes of at least 4 members (excludes halogenated alkanes) is 5. The smallest absolute Gasteiger partial charge is 0.00187 e. The highest BCUT2D eigenvalue weighted by molar-refractivity contribution is 5.14. The number of aryl methyl sites for hydroxylation is 1. The summed E-state index contributed by atoms with van der Waals surface area (Å²) in [5.41, 5.74) is 1.50. The van der Waals surface area contributed by atoms with Crippen LogP contribution in [-0.2, 0) is 6.42 Å². The molecule has 0 bridgehead atoms. The maximum atomic E-state index is 2.67. The number of hydrogen-bond donors (Lipinski definition) is 0. The van der Waals surface area contributed by atoms with Crippen molar-refractivity contribution >= 4 is 0 Å². The van der Waals surface area contributed by atoms with Gasteiger partial charge in [0, 0.05) is 0 Å². The predicted octanol–water partition coefficient (Wildman–Crippen LogP) is 5.06. The molecule has 0 radical (unpaired) electrons. The fraction of sp³-hybridized carbons (Fsp3) is 0.684. The molecule has 1 heteroatoms. The van der Waals surface area contributed by atoms with Crippen LogP contribution in [0.5, 0.6) is 0 Å². The van der Waals surface area contributed by atoms with Crippen molar-refractivity contribution in [1.82, 2.24) is 4.90 Å². The molecule has 1 aromatic carbocycles. The first-order valence-corrected chi connectivity index (χ1v) is 8.71. The minimum atomic E-state index is 1.26. The molecule has 1 aliphatic rings. The summed E-state index contributed by atoms with van der Waals surface area (Å²) in [5, 5.41) is 0. The number of benzene rings is 1. The van der Waals surface area contributed by atoms with Crippen molar-refractivity contribution in [3.05, 3.63) is 35.9 Å². The van der Waals surface area contributed by atoms with Gasteiger partial charge in [-0.2, -0.15) is 0 Å². The van der Waals surface area contributed by atoms with Gasteiger partial charge in [0.15, 0.2) is 0 Å². The largest absolute Gasteiger partial charge is 0.303 e. The number of hydrogen-bond acceptors (Lipinski definition) is 1. The molecule has 0 N–H and O–H groups in total. The fourth-order valence-corrected chi connectivity index (χ4v) is 3.20. The van der Waals surface area contributed by atoms with Crippen molar-refractivity contribution in [2.75, 3.05) is 19.6 Å². The number of piperidine rings is 1. The summed E-state index contributed by atoms with van der Waals surface area (Å²) >= 11 is 0. The van der Waals surface area contributed by atoms with Crippen LogP contribution in [0, 0.1) is 0 Å². The van der Waals surface area contributed by atoms with Gasteiger partial charge >= 0.3 is 0 Å². The van der Waals surface area contributed by atoms with Gasteiger partial charge < -0.3 is 4.90 Å². The second-order valence-electron chi connectivity index (χ2n) is 6.26. The molecule has 20 heavy (non-hydrogen) atoms. The van der Waals surface area contributed by atoms with E-state index in [0.717, 1.165) is 0 Å². The van der Waals surface area contributed by atoms with E-state index in [1.807, 2.05) is 0 Å². The monoisotopic (exact) mass is 273 g/mol. The summed E-state index contributed by atoms with van der Waals surface area (Å²) in [6, 6.07) is 10.9. The highest BCUT2D eigenvalue weighted by atomic mass is 15.1. The maximum absolute atomic E-state index is 2.67. The average molecular weight is 273 g/mol. The van der Waals surface area contributed by atoms with E-state index < -0.39 is 0 Å². The molecule has 1 nitrogen and oxygen atoms in total. The standard InChI is InChI=1S/C19H31N/c1(3-7-13-19-14-8-5-9-15-19)2-4-10-16-20-17-11-6-12-18-20/h5,8-9,14-15H,1-4,6-7,10-13,16-18H2. The first kappa shape index (κ1) is 15.6. The van der Waals surface area contributed by atoms with Gasteiger partial charge in [-0.15, -0.1) is 0 Å². The molecule has 0 saturated carbocycles. The van der Waals surface area contributed by atoms with Crippen molar-refractivity contribution in [2.45, 2.75) is 64.2 Å². The normalized spacial score (nSPS) is 16.4. The SMILES string of the molecule is c1ccc(CCCCCCCCN2CCCCC2)cc1. The van der Waals surface area contributed by atoms with Crippen molar-refractivity contribution in [3.63, 3.8) is 0 Å². The molecule has 0 amide bonds. The minimum Gasteiger partial charge on any atom is -0.303 e. The second-order valence-corrected chi connectivity index (χ2v) is 6.26. The molecule has 112 valence electrons. The Hall–Kier alpha value is -0.820. The van der Waals surface area contributed by atoms with Crippen LogP contribution in [0.4, 0.5) is 0 Å². The number of nitrogens with zero attached hydrogens (tertiary/aromatic N) is 1. The Kier molecular flexibility index (Phi) is 7.77. The molecule has 0 aliphatic carbocycles. The van der Waals surface area contributed by atoms with Crippen molar-refractivity contribution < 1.29 is 0 Å². The van der Waals surface area contributed by atoms with E-state index in [0.29, 0.717) is 0 Å². The summed E-state index contributed by atoms with van der Waals surface area (Å²) in [6.07, 6.45) is 14.0. The average Bonchev–Trinajstić information content (AvgIpc) is 2.52. The third-order valence-electron chi connectivity index (χ3n) is 4.48. The van der Waals surface area contributed by atoms with Gasteiger partial charge in [-0.25, -0.2) is 0 Å². The second kappa shape index (κ2) is 9.99. The lowest BCUT2D eigenvalue weighted by molar-refractivity contribution is 0.224. The topological polar surface area (TPSA) is 3.24 Å². The highest BCUT2D eigenvalue weighted by Gasteiger charge is 2.08. The molecule has 0 spiro atoms. The molecule has 1 aromatic rings. The molecule has 2 rings (SSSR count). The van der Waals surface area contributed by atoms with E-state index in [1.54, 1.807) is 0 Å². The van der Waals surface area contributed by atoms with Crippen LogP contribution in [0.1, 0.15) is 63.4 Å². The van der Waals surface area contributed by atoms with Gasteiger partial charge in [-0.05, 0) is 57.3 Å². The molecule has 1 fully saturated rings. The van der Waals surface area contributed by atoms with Crippen molar-refractivity contribution in [3.8, 4) is 0 Å². The third-order valence-corrected chi connectivity index (χ3v) is 4.48. The van der Waals surface area contributed by atoms with Crippen molar-refractivity contribution in [2.24, 2.45) is 0 Å². The van der Waals surface area contributed by atoms with Crippen LogP contribution in [0.15, 0.2) is 30.3 Å². The van der Waals surface area contributed by atoms with Gasteiger partial charge in [0.25, 0.3) is 0 Å². The third kappa shape index (κ3) is 6.56. The quantitative estimate of drug-likeness (QED) is 0.569. The molecule has 0 unspecified atom stereocenters.